The Labute approximate surface area is 138 Å². The van der Waals surface area contributed by atoms with Gasteiger partial charge in [-0.3, -0.25) is 4.79 Å². The molecule has 0 spiro atoms. The maximum atomic E-state index is 12.2. The van der Waals surface area contributed by atoms with E-state index in [1.165, 1.54) is 19.3 Å². The topological polar surface area (TPSA) is 67.8 Å². The Balaban J connectivity index is 2.18. The molecular weight excluding hydrogens is 294 g/mol. The number of carbonyl (C=O) groups excluding carboxylic acids is 1. The summed E-state index contributed by atoms with van der Waals surface area (Å²) in [5.41, 5.74) is 0. The van der Waals surface area contributed by atoms with E-state index in [0.29, 0.717) is 24.7 Å². The fourth-order valence-electron chi connectivity index (χ4n) is 3.37. The summed E-state index contributed by atoms with van der Waals surface area (Å²) in [6.07, 6.45) is 11.8. The highest BCUT2D eigenvalue weighted by molar-refractivity contribution is 5.91. The Hall–Kier alpha value is -1.51. The molecule has 0 aromatic carbocycles. The van der Waals surface area contributed by atoms with Gasteiger partial charge in [0.2, 0.25) is 6.29 Å². The van der Waals surface area contributed by atoms with Gasteiger partial charge in [0.05, 0.1) is 6.54 Å². The van der Waals surface area contributed by atoms with Crippen LogP contribution in [-0.4, -0.2) is 37.1 Å². The van der Waals surface area contributed by atoms with Crippen LogP contribution in [0, 0.1) is 30.1 Å². The first-order valence-corrected chi connectivity index (χ1v) is 8.53. The molecule has 1 fully saturated rings. The number of allylic oxidation sites excluding steroid dienone is 1. The fraction of sp³-hybridized carbons (Fsp3) is 0.722. The molecule has 3 atom stereocenters. The standard InChI is InChI=1S/C18H27NO4/c1-3-10-19-17(21)16-12-15(13-7-5-8-13)14(9-6-11-20)18(23-16)22-4-2/h1,12-15,18,20H,4-11H2,2H3,(H,19,21)/t14-,15-,18-/m0/s1. The number of aliphatic hydroxyl groups excluding tert-OH is 1. The molecule has 0 bridgehead atoms. The van der Waals surface area contributed by atoms with Crippen molar-refractivity contribution in [1.29, 1.82) is 0 Å². The van der Waals surface area contributed by atoms with Gasteiger partial charge < -0.3 is 19.9 Å². The summed E-state index contributed by atoms with van der Waals surface area (Å²) in [6, 6.07) is 0. The first kappa shape index (κ1) is 17.8. The van der Waals surface area contributed by atoms with Crippen molar-refractivity contribution in [3.63, 3.8) is 0 Å². The first-order chi connectivity index (χ1) is 11.2. The second kappa shape index (κ2) is 8.95. The SMILES string of the molecule is C#CCNC(=O)C1=C[C@@H](C2CCC2)[C@H](CCCO)[C@@H](OCC)O1. The van der Waals surface area contributed by atoms with Gasteiger partial charge in [-0.1, -0.05) is 12.3 Å². The van der Waals surface area contributed by atoms with E-state index in [1.54, 1.807) is 0 Å². The molecule has 2 rings (SSSR count). The fourth-order valence-corrected chi connectivity index (χ4v) is 3.37. The van der Waals surface area contributed by atoms with Crippen LogP contribution in [0.1, 0.15) is 39.0 Å². The predicted octanol–water partition coefficient (Wildman–Crippen LogP) is 1.82. The lowest BCUT2D eigenvalue weighted by Gasteiger charge is -2.43. The number of carbonyl (C=O) groups is 1. The van der Waals surface area contributed by atoms with Gasteiger partial charge in [0.25, 0.3) is 5.91 Å². The van der Waals surface area contributed by atoms with Gasteiger partial charge in [-0.05, 0) is 50.5 Å². The van der Waals surface area contributed by atoms with Gasteiger partial charge >= 0.3 is 0 Å². The Morgan fingerprint density at radius 3 is 2.91 bits per heavy atom. The highest BCUT2D eigenvalue weighted by Gasteiger charge is 2.41. The van der Waals surface area contributed by atoms with Crippen molar-refractivity contribution < 1.29 is 19.4 Å². The Bertz CT molecular complexity index is 464. The van der Waals surface area contributed by atoms with Gasteiger partial charge in [-0.15, -0.1) is 6.42 Å². The van der Waals surface area contributed by atoms with Crippen molar-refractivity contribution in [2.45, 2.75) is 45.3 Å². The number of hydrogen-bond donors (Lipinski definition) is 2. The van der Waals surface area contributed by atoms with Crippen molar-refractivity contribution in [2.24, 2.45) is 17.8 Å². The van der Waals surface area contributed by atoms with Crippen molar-refractivity contribution in [3.05, 3.63) is 11.8 Å². The minimum Gasteiger partial charge on any atom is -0.459 e. The molecule has 0 radical (unpaired) electrons. The molecule has 0 aromatic rings. The summed E-state index contributed by atoms with van der Waals surface area (Å²) in [6.45, 7) is 2.78. The zero-order chi connectivity index (χ0) is 16.7. The first-order valence-electron chi connectivity index (χ1n) is 8.53. The number of hydrogen-bond acceptors (Lipinski definition) is 4. The monoisotopic (exact) mass is 321 g/mol. The molecule has 23 heavy (non-hydrogen) atoms. The maximum Gasteiger partial charge on any atom is 0.286 e. The molecule has 0 saturated heterocycles. The smallest absolute Gasteiger partial charge is 0.286 e. The molecule has 1 aliphatic heterocycles. The van der Waals surface area contributed by atoms with Gasteiger partial charge in [0.15, 0.2) is 5.76 Å². The molecule has 5 nitrogen and oxygen atoms in total. The molecular formula is C18H27NO4. The molecule has 2 N–H and O–H groups in total. The molecule has 1 saturated carbocycles. The predicted molar refractivity (Wildman–Crippen MR) is 87.1 cm³/mol. The number of ether oxygens (including phenoxy) is 2. The summed E-state index contributed by atoms with van der Waals surface area (Å²) in [4.78, 5) is 12.2. The van der Waals surface area contributed by atoms with Crippen molar-refractivity contribution >= 4 is 5.91 Å². The molecule has 0 aromatic heterocycles. The molecule has 128 valence electrons. The molecule has 2 aliphatic rings. The van der Waals surface area contributed by atoms with E-state index in [9.17, 15) is 4.79 Å². The minimum atomic E-state index is -0.436. The van der Waals surface area contributed by atoms with Gasteiger partial charge in [-0.2, -0.15) is 0 Å². The normalized spacial score (nSPS) is 27.3. The Morgan fingerprint density at radius 1 is 1.57 bits per heavy atom. The van der Waals surface area contributed by atoms with E-state index in [1.807, 2.05) is 13.0 Å². The second-order valence-electron chi connectivity index (χ2n) is 6.16. The lowest BCUT2D eigenvalue weighted by Crippen LogP contribution is -2.43. The number of aliphatic hydroxyl groups is 1. The number of terminal acetylenes is 1. The zero-order valence-electron chi connectivity index (χ0n) is 13.8. The molecule has 1 heterocycles. The molecule has 1 aliphatic carbocycles. The van der Waals surface area contributed by atoms with Crippen LogP contribution in [-0.2, 0) is 14.3 Å². The maximum absolute atomic E-state index is 12.2. The summed E-state index contributed by atoms with van der Waals surface area (Å²) in [7, 11) is 0. The van der Waals surface area contributed by atoms with Crippen LogP contribution < -0.4 is 5.32 Å². The van der Waals surface area contributed by atoms with E-state index in [0.717, 1.165) is 6.42 Å². The van der Waals surface area contributed by atoms with Crippen LogP contribution in [0.4, 0.5) is 0 Å². The van der Waals surface area contributed by atoms with Crippen LogP contribution in [0.15, 0.2) is 11.8 Å². The van der Waals surface area contributed by atoms with E-state index in [2.05, 4.69) is 11.2 Å². The van der Waals surface area contributed by atoms with Crippen molar-refractivity contribution in [3.8, 4) is 12.3 Å². The lowest BCUT2D eigenvalue weighted by atomic mass is 9.68. The summed E-state index contributed by atoms with van der Waals surface area (Å²) < 4.78 is 11.6. The van der Waals surface area contributed by atoms with E-state index >= 15 is 0 Å². The Kier molecular flexibility index (Phi) is 6.94. The highest BCUT2D eigenvalue weighted by atomic mass is 16.7. The van der Waals surface area contributed by atoms with E-state index in [4.69, 9.17) is 21.0 Å². The van der Waals surface area contributed by atoms with E-state index in [-0.39, 0.29) is 30.9 Å². The average Bonchev–Trinajstić information content (AvgIpc) is 2.50. The summed E-state index contributed by atoms with van der Waals surface area (Å²) in [5.74, 6) is 3.43. The van der Waals surface area contributed by atoms with Gasteiger partial charge in [-0.25, -0.2) is 0 Å². The van der Waals surface area contributed by atoms with Crippen LogP contribution in [0.5, 0.6) is 0 Å². The Morgan fingerprint density at radius 2 is 2.35 bits per heavy atom. The third-order valence-electron chi connectivity index (χ3n) is 4.73. The lowest BCUT2D eigenvalue weighted by molar-refractivity contribution is -0.178. The number of nitrogens with one attached hydrogen (secondary N) is 1. The third kappa shape index (κ3) is 4.49. The van der Waals surface area contributed by atoms with Crippen LogP contribution in [0.3, 0.4) is 0 Å². The number of amides is 1. The zero-order valence-corrected chi connectivity index (χ0v) is 13.8. The van der Waals surface area contributed by atoms with Crippen molar-refractivity contribution in [2.75, 3.05) is 19.8 Å². The summed E-state index contributed by atoms with van der Waals surface area (Å²) >= 11 is 0. The summed E-state index contributed by atoms with van der Waals surface area (Å²) in [5, 5.41) is 11.8. The molecule has 5 heteroatoms. The molecule has 0 unspecified atom stereocenters. The molecule has 1 amide bonds. The minimum absolute atomic E-state index is 0.159. The number of rotatable bonds is 8. The largest absolute Gasteiger partial charge is 0.459 e. The van der Waals surface area contributed by atoms with Gasteiger partial charge in [0.1, 0.15) is 0 Å². The average molecular weight is 321 g/mol. The van der Waals surface area contributed by atoms with Crippen LogP contribution in [0.2, 0.25) is 0 Å². The van der Waals surface area contributed by atoms with E-state index < -0.39 is 6.29 Å². The third-order valence-corrected chi connectivity index (χ3v) is 4.73. The second-order valence-corrected chi connectivity index (χ2v) is 6.16. The van der Waals surface area contributed by atoms with Crippen molar-refractivity contribution in [1.82, 2.24) is 5.32 Å². The van der Waals surface area contributed by atoms with Crippen LogP contribution in [0.25, 0.3) is 0 Å². The quantitative estimate of drug-likeness (QED) is 0.669. The van der Waals surface area contributed by atoms with Crippen LogP contribution >= 0.6 is 0 Å². The van der Waals surface area contributed by atoms with Gasteiger partial charge in [0, 0.05) is 19.1 Å². The highest BCUT2D eigenvalue weighted by Crippen LogP contribution is 2.44.